The summed E-state index contributed by atoms with van der Waals surface area (Å²) < 4.78 is 67.1. The number of carbonyl (C=O) groups excluding carboxylic acids is 2. The fourth-order valence-corrected chi connectivity index (χ4v) is 4.58. The molecule has 2 atom stereocenters. The van der Waals surface area contributed by atoms with E-state index in [4.69, 9.17) is 5.73 Å². The van der Waals surface area contributed by atoms with E-state index >= 15 is 0 Å². The summed E-state index contributed by atoms with van der Waals surface area (Å²) in [4.78, 5) is 34.1. The third-order valence-electron chi connectivity index (χ3n) is 5.40. The first-order chi connectivity index (χ1) is 15.4. The molecule has 13 heteroatoms. The van der Waals surface area contributed by atoms with Crippen molar-refractivity contribution >= 4 is 29.0 Å². The molecule has 0 bridgehead atoms. The highest BCUT2D eigenvalue weighted by atomic mass is 32.1. The molecule has 1 saturated heterocycles. The third-order valence-corrected chi connectivity index (χ3v) is 6.50. The molecule has 2 amide bonds. The molecule has 0 unspecified atom stereocenters. The number of nitrogens with zero attached hydrogens (tertiary/aromatic N) is 3. The van der Waals surface area contributed by atoms with Crippen molar-refractivity contribution in [2.45, 2.75) is 57.8 Å². The smallest absolute Gasteiger partial charge is 0.364 e. The summed E-state index contributed by atoms with van der Waals surface area (Å²) in [7, 11) is 0. The van der Waals surface area contributed by atoms with Crippen LogP contribution in [0.15, 0.2) is 12.3 Å². The van der Waals surface area contributed by atoms with Gasteiger partial charge in [-0.3, -0.25) is 9.59 Å². The number of primary amides is 1. The minimum Gasteiger partial charge on any atom is -0.364 e. The Hall–Kier alpha value is -2.83. The van der Waals surface area contributed by atoms with Gasteiger partial charge in [-0.25, -0.2) is 18.7 Å². The minimum absolute atomic E-state index is 0.0369. The summed E-state index contributed by atoms with van der Waals surface area (Å²) in [5, 5.41) is 1.88. The third kappa shape index (κ3) is 5.23. The average molecular weight is 491 g/mol. The Labute approximate surface area is 190 Å². The molecule has 1 aliphatic heterocycles. The van der Waals surface area contributed by atoms with Crippen LogP contribution in [-0.2, 0) is 0 Å². The van der Waals surface area contributed by atoms with Crippen LogP contribution in [0.4, 0.5) is 27.8 Å². The molecule has 0 aromatic carbocycles. The molecule has 7 nitrogen and oxygen atoms in total. The Morgan fingerprint density at radius 1 is 1.36 bits per heavy atom. The van der Waals surface area contributed by atoms with Crippen LogP contribution in [0.3, 0.4) is 0 Å². The monoisotopic (exact) mass is 491 g/mol. The van der Waals surface area contributed by atoms with Gasteiger partial charge in [0.05, 0.1) is 4.88 Å². The molecule has 3 N–H and O–H groups in total. The highest BCUT2D eigenvalue weighted by Crippen LogP contribution is 2.39. The molecule has 0 aliphatic carbocycles. The van der Waals surface area contributed by atoms with Crippen LogP contribution in [0.2, 0.25) is 0 Å². The van der Waals surface area contributed by atoms with E-state index in [1.54, 1.807) is 0 Å². The topological polar surface area (TPSA) is 101 Å². The summed E-state index contributed by atoms with van der Waals surface area (Å²) in [5.41, 5.74) is 4.23. The van der Waals surface area contributed by atoms with Crippen molar-refractivity contribution < 1.29 is 31.5 Å². The van der Waals surface area contributed by atoms with Crippen LogP contribution in [0.1, 0.15) is 65.4 Å². The van der Waals surface area contributed by atoms with Crippen LogP contribution in [0, 0.1) is 0 Å². The number of anilines is 1. The lowest BCUT2D eigenvalue weighted by molar-refractivity contribution is -0.142. The average Bonchev–Trinajstić information content (AvgIpc) is 3.37. The largest absolute Gasteiger partial charge is 0.408 e. The Bertz CT molecular complexity index is 1040. The zero-order valence-electron chi connectivity index (χ0n) is 17.7. The lowest BCUT2D eigenvalue weighted by Crippen LogP contribution is -2.35. The molecule has 2 aromatic rings. The lowest BCUT2D eigenvalue weighted by atomic mass is 10.1. The maximum atomic E-state index is 13.9. The van der Waals surface area contributed by atoms with E-state index in [9.17, 15) is 31.5 Å². The van der Waals surface area contributed by atoms with Crippen molar-refractivity contribution in [2.75, 3.05) is 11.9 Å². The number of amides is 2. The van der Waals surface area contributed by atoms with Crippen LogP contribution in [-0.4, -0.2) is 51.5 Å². The minimum atomic E-state index is -4.60. The molecule has 180 valence electrons. The molecular weight excluding hydrogens is 469 g/mol. The number of thiazole rings is 1. The van der Waals surface area contributed by atoms with E-state index in [1.165, 1.54) is 11.8 Å². The van der Waals surface area contributed by atoms with E-state index < -0.39 is 36.0 Å². The maximum absolute atomic E-state index is 13.9. The number of likely N-dealkylation sites (tertiary alicyclic amines) is 1. The number of rotatable bonds is 7. The van der Waals surface area contributed by atoms with Gasteiger partial charge in [-0.2, -0.15) is 13.2 Å². The van der Waals surface area contributed by atoms with E-state index in [2.05, 4.69) is 15.3 Å². The van der Waals surface area contributed by atoms with Gasteiger partial charge in [0.2, 0.25) is 0 Å². The normalized spacial score (nSPS) is 17.5. The molecular formula is C20H22F5N5O2S. The van der Waals surface area contributed by atoms with E-state index in [1.807, 2.05) is 6.92 Å². The van der Waals surface area contributed by atoms with Crippen LogP contribution in [0.5, 0.6) is 0 Å². The molecule has 3 heterocycles. The van der Waals surface area contributed by atoms with Crippen LogP contribution in [0.25, 0.3) is 10.4 Å². The fourth-order valence-electron chi connectivity index (χ4n) is 3.64. The van der Waals surface area contributed by atoms with Gasteiger partial charge < -0.3 is 16.0 Å². The van der Waals surface area contributed by atoms with Crippen molar-refractivity contribution in [3.63, 3.8) is 0 Å². The second-order valence-corrected chi connectivity index (χ2v) is 8.65. The number of nitrogens with two attached hydrogens (primary N) is 1. The van der Waals surface area contributed by atoms with Crippen molar-refractivity contribution in [3.05, 3.63) is 28.5 Å². The van der Waals surface area contributed by atoms with Crippen LogP contribution >= 0.6 is 11.3 Å². The van der Waals surface area contributed by atoms with E-state index in [0.717, 1.165) is 25.1 Å². The van der Waals surface area contributed by atoms with Gasteiger partial charge in [-0.05, 0) is 32.3 Å². The molecule has 2 aromatic heterocycles. The molecule has 0 spiro atoms. The van der Waals surface area contributed by atoms with Crippen molar-refractivity contribution in [1.29, 1.82) is 0 Å². The SMILES string of the molecule is CC[C@H](Nc1cc(C(F)F)c(-c2sc(C(N)=O)nc2C(=O)N2CCC[C@@H]2C)cn1)C(F)(F)F. The van der Waals surface area contributed by atoms with Gasteiger partial charge in [0.15, 0.2) is 5.01 Å². The first-order valence-electron chi connectivity index (χ1n) is 10.2. The van der Waals surface area contributed by atoms with E-state index in [-0.39, 0.29) is 39.4 Å². The number of pyridine rings is 1. The number of hydrogen-bond acceptors (Lipinski definition) is 6. The number of carbonyl (C=O) groups is 2. The second kappa shape index (κ2) is 9.57. The quantitative estimate of drug-likeness (QED) is 0.551. The molecule has 3 rings (SSSR count). The first kappa shape index (κ1) is 24.8. The van der Waals surface area contributed by atoms with Gasteiger partial charge in [0.25, 0.3) is 18.2 Å². The van der Waals surface area contributed by atoms with Gasteiger partial charge in [0, 0.05) is 29.9 Å². The highest BCUT2D eigenvalue weighted by Gasteiger charge is 2.39. The highest BCUT2D eigenvalue weighted by molar-refractivity contribution is 7.17. The molecule has 1 aliphatic rings. The van der Waals surface area contributed by atoms with Crippen molar-refractivity contribution in [3.8, 4) is 10.4 Å². The van der Waals surface area contributed by atoms with Gasteiger partial charge >= 0.3 is 6.18 Å². The summed E-state index contributed by atoms with van der Waals surface area (Å²) >= 11 is 0.662. The second-order valence-electron chi connectivity index (χ2n) is 7.66. The number of hydrogen-bond donors (Lipinski definition) is 2. The molecule has 0 saturated carbocycles. The Balaban J connectivity index is 2.08. The standard InChI is InChI=1S/C20H22F5N5O2S/c1-3-12(20(23,24)25)28-13-7-10(16(21)22)11(8-27-13)15-14(29-18(33-15)17(26)31)19(32)30-6-4-5-9(30)2/h7-9,12,16H,3-6H2,1-2H3,(H2,26,31)(H,27,28)/t9-,12-/m0/s1. The summed E-state index contributed by atoms with van der Waals surface area (Å²) in [6.45, 7) is 3.58. The Morgan fingerprint density at radius 3 is 2.58 bits per heavy atom. The lowest BCUT2D eigenvalue weighted by Gasteiger charge is -2.22. The molecule has 0 radical (unpaired) electrons. The Morgan fingerprint density at radius 2 is 2.06 bits per heavy atom. The number of aromatic nitrogens is 2. The zero-order valence-corrected chi connectivity index (χ0v) is 18.6. The molecule has 33 heavy (non-hydrogen) atoms. The molecule has 1 fully saturated rings. The number of halogens is 5. The predicted octanol–water partition coefficient (Wildman–Crippen LogP) is 4.62. The summed E-state index contributed by atoms with van der Waals surface area (Å²) in [6.07, 6.45) is -5.55. The number of alkyl halides is 5. The zero-order chi connectivity index (χ0) is 24.5. The van der Waals surface area contributed by atoms with Crippen molar-refractivity contribution in [2.24, 2.45) is 5.73 Å². The summed E-state index contributed by atoms with van der Waals surface area (Å²) in [6, 6.07) is -1.26. The van der Waals surface area contributed by atoms with Gasteiger partial charge in [0.1, 0.15) is 17.6 Å². The van der Waals surface area contributed by atoms with Gasteiger partial charge in [-0.1, -0.05) is 6.92 Å². The van der Waals surface area contributed by atoms with Gasteiger partial charge in [-0.15, -0.1) is 11.3 Å². The number of nitrogens with one attached hydrogen (secondary N) is 1. The Kier molecular flexibility index (Phi) is 7.20. The first-order valence-corrected chi connectivity index (χ1v) is 11.0. The maximum Gasteiger partial charge on any atom is 0.408 e. The van der Waals surface area contributed by atoms with Crippen molar-refractivity contribution in [1.82, 2.24) is 14.9 Å². The summed E-state index contributed by atoms with van der Waals surface area (Å²) in [5.74, 6) is -1.86. The fraction of sp³-hybridized carbons (Fsp3) is 0.500. The predicted molar refractivity (Wildman–Crippen MR) is 112 cm³/mol. The van der Waals surface area contributed by atoms with Crippen LogP contribution < -0.4 is 11.1 Å². The van der Waals surface area contributed by atoms with E-state index in [0.29, 0.717) is 17.9 Å².